The van der Waals surface area contributed by atoms with Crippen molar-refractivity contribution in [1.29, 1.82) is 0 Å². The molecule has 66 valence electrons. The van der Waals surface area contributed by atoms with Crippen LogP contribution in [0.1, 0.15) is 26.7 Å². The van der Waals surface area contributed by atoms with E-state index in [4.69, 9.17) is 4.74 Å². The third-order valence-electron chi connectivity index (χ3n) is 1.95. The fourth-order valence-electron chi connectivity index (χ4n) is 1.27. The molecule has 1 rings (SSSR count). The average Bonchev–Trinajstić information content (AvgIpc) is 1.94. The van der Waals surface area contributed by atoms with Gasteiger partial charge in [0, 0.05) is 6.92 Å². The van der Waals surface area contributed by atoms with Gasteiger partial charge in [-0.1, -0.05) is 6.08 Å². The SMILES string of the molecule is CC(=O)OC1(C)CCC=CC1=O. The molecule has 1 atom stereocenters. The van der Waals surface area contributed by atoms with Gasteiger partial charge < -0.3 is 4.74 Å². The summed E-state index contributed by atoms with van der Waals surface area (Å²) < 4.78 is 4.95. The van der Waals surface area contributed by atoms with Gasteiger partial charge in [0.05, 0.1) is 0 Å². The van der Waals surface area contributed by atoms with Gasteiger partial charge in [0.2, 0.25) is 0 Å². The molecule has 0 N–H and O–H groups in total. The van der Waals surface area contributed by atoms with Crippen molar-refractivity contribution in [1.82, 2.24) is 0 Å². The summed E-state index contributed by atoms with van der Waals surface area (Å²) in [7, 11) is 0. The van der Waals surface area contributed by atoms with Crippen molar-refractivity contribution in [2.75, 3.05) is 0 Å². The Labute approximate surface area is 71.4 Å². The molecule has 0 amide bonds. The van der Waals surface area contributed by atoms with Crippen molar-refractivity contribution in [3.63, 3.8) is 0 Å². The lowest BCUT2D eigenvalue weighted by Crippen LogP contribution is -2.40. The molecule has 0 aromatic rings. The van der Waals surface area contributed by atoms with Crippen molar-refractivity contribution in [3.8, 4) is 0 Å². The summed E-state index contributed by atoms with van der Waals surface area (Å²) in [5, 5.41) is 0. The highest BCUT2D eigenvalue weighted by Gasteiger charge is 2.35. The molecule has 1 unspecified atom stereocenters. The minimum Gasteiger partial charge on any atom is -0.451 e. The van der Waals surface area contributed by atoms with Crippen molar-refractivity contribution >= 4 is 11.8 Å². The molecular formula is C9H12O3. The van der Waals surface area contributed by atoms with Crippen molar-refractivity contribution in [3.05, 3.63) is 12.2 Å². The molecular weight excluding hydrogens is 156 g/mol. The van der Waals surface area contributed by atoms with Gasteiger partial charge in [-0.15, -0.1) is 0 Å². The van der Waals surface area contributed by atoms with E-state index < -0.39 is 11.6 Å². The number of hydrogen-bond acceptors (Lipinski definition) is 3. The first-order valence-corrected chi connectivity index (χ1v) is 3.95. The predicted molar refractivity (Wildman–Crippen MR) is 43.6 cm³/mol. The standard InChI is InChI=1S/C9H12O3/c1-7(10)12-9(2)6-4-3-5-8(9)11/h3,5H,4,6H2,1-2H3. The minimum atomic E-state index is -0.916. The number of ketones is 1. The fourth-order valence-corrected chi connectivity index (χ4v) is 1.27. The highest BCUT2D eigenvalue weighted by Crippen LogP contribution is 2.23. The number of rotatable bonds is 1. The van der Waals surface area contributed by atoms with E-state index in [0.29, 0.717) is 6.42 Å². The van der Waals surface area contributed by atoms with Crippen molar-refractivity contribution in [2.45, 2.75) is 32.3 Å². The van der Waals surface area contributed by atoms with Crippen LogP contribution in [0, 0.1) is 0 Å². The number of carbonyl (C=O) groups excluding carboxylic acids is 2. The molecule has 0 aliphatic heterocycles. The zero-order valence-corrected chi connectivity index (χ0v) is 7.29. The van der Waals surface area contributed by atoms with Crippen LogP contribution < -0.4 is 0 Å². The van der Waals surface area contributed by atoms with Crippen LogP contribution in [0.25, 0.3) is 0 Å². The molecule has 0 saturated heterocycles. The van der Waals surface area contributed by atoms with E-state index in [1.807, 2.05) is 0 Å². The van der Waals surface area contributed by atoms with Crippen LogP contribution in [0.2, 0.25) is 0 Å². The largest absolute Gasteiger partial charge is 0.451 e. The second-order valence-electron chi connectivity index (χ2n) is 3.13. The first-order valence-electron chi connectivity index (χ1n) is 3.95. The predicted octanol–water partition coefficient (Wildman–Crippen LogP) is 1.23. The van der Waals surface area contributed by atoms with Crippen LogP contribution in [0.15, 0.2) is 12.2 Å². The lowest BCUT2D eigenvalue weighted by molar-refractivity contribution is -0.162. The molecule has 0 fully saturated rings. The Kier molecular flexibility index (Phi) is 2.31. The summed E-state index contributed by atoms with van der Waals surface area (Å²) in [4.78, 5) is 22.0. The lowest BCUT2D eigenvalue weighted by Gasteiger charge is -2.28. The van der Waals surface area contributed by atoms with Crippen LogP contribution in [0.3, 0.4) is 0 Å². The van der Waals surface area contributed by atoms with Crippen LogP contribution in [-0.2, 0) is 14.3 Å². The van der Waals surface area contributed by atoms with Gasteiger partial charge in [-0.3, -0.25) is 9.59 Å². The van der Waals surface area contributed by atoms with Gasteiger partial charge in [-0.2, -0.15) is 0 Å². The molecule has 0 spiro atoms. The van der Waals surface area contributed by atoms with E-state index in [0.717, 1.165) is 6.42 Å². The number of carbonyl (C=O) groups is 2. The van der Waals surface area contributed by atoms with E-state index in [1.165, 1.54) is 13.0 Å². The zero-order valence-electron chi connectivity index (χ0n) is 7.29. The monoisotopic (exact) mass is 168 g/mol. The fraction of sp³-hybridized carbons (Fsp3) is 0.556. The van der Waals surface area contributed by atoms with Crippen LogP contribution in [-0.4, -0.2) is 17.4 Å². The molecule has 3 nitrogen and oxygen atoms in total. The maximum Gasteiger partial charge on any atom is 0.303 e. The number of ether oxygens (including phenoxy) is 1. The van der Waals surface area contributed by atoms with Gasteiger partial charge >= 0.3 is 5.97 Å². The third-order valence-corrected chi connectivity index (χ3v) is 1.95. The van der Waals surface area contributed by atoms with Gasteiger partial charge in [-0.05, 0) is 25.8 Å². The summed E-state index contributed by atoms with van der Waals surface area (Å²) in [6.45, 7) is 2.97. The van der Waals surface area contributed by atoms with E-state index in [1.54, 1.807) is 13.0 Å². The Morgan fingerprint density at radius 2 is 2.33 bits per heavy atom. The Morgan fingerprint density at radius 3 is 2.83 bits per heavy atom. The van der Waals surface area contributed by atoms with Crippen molar-refractivity contribution < 1.29 is 14.3 Å². The molecule has 0 aromatic heterocycles. The van der Waals surface area contributed by atoms with Crippen LogP contribution in [0.4, 0.5) is 0 Å². The van der Waals surface area contributed by atoms with Gasteiger partial charge in [0.25, 0.3) is 0 Å². The molecule has 3 heteroatoms. The first-order chi connectivity index (χ1) is 5.54. The van der Waals surface area contributed by atoms with E-state index >= 15 is 0 Å². The normalized spacial score (nSPS) is 28.7. The van der Waals surface area contributed by atoms with Crippen LogP contribution in [0.5, 0.6) is 0 Å². The topological polar surface area (TPSA) is 43.4 Å². The number of esters is 1. The summed E-state index contributed by atoms with van der Waals surface area (Å²) in [5.74, 6) is -0.523. The number of hydrogen-bond donors (Lipinski definition) is 0. The Bertz CT molecular complexity index is 242. The maximum absolute atomic E-state index is 11.3. The van der Waals surface area contributed by atoms with Gasteiger partial charge in [-0.25, -0.2) is 0 Å². The van der Waals surface area contributed by atoms with Crippen molar-refractivity contribution in [2.24, 2.45) is 0 Å². The summed E-state index contributed by atoms with van der Waals surface area (Å²) >= 11 is 0. The molecule has 1 aliphatic rings. The summed E-state index contributed by atoms with van der Waals surface area (Å²) in [5.41, 5.74) is -0.916. The lowest BCUT2D eigenvalue weighted by atomic mass is 9.90. The zero-order chi connectivity index (χ0) is 9.19. The molecule has 0 radical (unpaired) electrons. The smallest absolute Gasteiger partial charge is 0.303 e. The van der Waals surface area contributed by atoms with E-state index in [2.05, 4.69) is 0 Å². The minimum absolute atomic E-state index is 0.121. The highest BCUT2D eigenvalue weighted by atomic mass is 16.6. The Hall–Kier alpha value is -1.12. The first kappa shape index (κ1) is 8.97. The molecule has 1 aliphatic carbocycles. The molecule has 0 saturated carbocycles. The Balaban J connectivity index is 2.75. The second kappa shape index (κ2) is 3.09. The van der Waals surface area contributed by atoms with Gasteiger partial charge in [0.1, 0.15) is 0 Å². The Morgan fingerprint density at radius 1 is 1.67 bits per heavy atom. The molecule has 0 aromatic carbocycles. The summed E-state index contributed by atoms with van der Waals surface area (Å²) in [6.07, 6.45) is 4.65. The maximum atomic E-state index is 11.3. The highest BCUT2D eigenvalue weighted by molar-refractivity contribution is 5.98. The van der Waals surface area contributed by atoms with E-state index in [-0.39, 0.29) is 5.78 Å². The third kappa shape index (κ3) is 1.72. The molecule has 12 heavy (non-hydrogen) atoms. The van der Waals surface area contributed by atoms with Gasteiger partial charge in [0.15, 0.2) is 11.4 Å². The quantitative estimate of drug-likeness (QED) is 0.553. The van der Waals surface area contributed by atoms with Crippen LogP contribution >= 0.6 is 0 Å². The number of allylic oxidation sites excluding steroid dienone is 1. The average molecular weight is 168 g/mol. The van der Waals surface area contributed by atoms with E-state index in [9.17, 15) is 9.59 Å². The second-order valence-corrected chi connectivity index (χ2v) is 3.13. The summed E-state index contributed by atoms with van der Waals surface area (Å²) in [6, 6.07) is 0. The molecule has 0 heterocycles. The molecule has 0 bridgehead atoms.